The number of piperidine rings is 1. The Bertz CT molecular complexity index is 225. The van der Waals surface area contributed by atoms with Gasteiger partial charge in [-0.3, -0.25) is 0 Å². The van der Waals surface area contributed by atoms with Gasteiger partial charge in [0.2, 0.25) is 0 Å². The first-order valence-corrected chi connectivity index (χ1v) is 7.04. The Morgan fingerprint density at radius 2 is 1.75 bits per heavy atom. The lowest BCUT2D eigenvalue weighted by Crippen LogP contribution is -2.41. The van der Waals surface area contributed by atoms with Crippen molar-refractivity contribution in [3.05, 3.63) is 0 Å². The van der Waals surface area contributed by atoms with E-state index in [0.717, 1.165) is 6.54 Å². The summed E-state index contributed by atoms with van der Waals surface area (Å²) in [7, 11) is 0. The van der Waals surface area contributed by atoms with Gasteiger partial charge in [0.05, 0.1) is 0 Å². The highest BCUT2D eigenvalue weighted by Crippen LogP contribution is 2.49. The third-order valence-electron chi connectivity index (χ3n) is 5.11. The Hall–Kier alpha value is -0.0800. The molecule has 0 amide bonds. The van der Waals surface area contributed by atoms with Crippen LogP contribution >= 0.6 is 0 Å². The van der Waals surface area contributed by atoms with Gasteiger partial charge in [-0.2, -0.15) is 0 Å². The normalized spacial score (nSPS) is 27.9. The predicted molar refractivity (Wildman–Crippen MR) is 69.4 cm³/mol. The molecule has 2 rings (SSSR count). The van der Waals surface area contributed by atoms with Crippen LogP contribution in [0.4, 0.5) is 0 Å². The second kappa shape index (κ2) is 4.66. The number of hydrogen-bond acceptors (Lipinski definition) is 2. The summed E-state index contributed by atoms with van der Waals surface area (Å²) in [6, 6.07) is 0. The van der Waals surface area contributed by atoms with Gasteiger partial charge in [0.1, 0.15) is 0 Å². The first-order chi connectivity index (χ1) is 7.61. The fourth-order valence-electron chi connectivity index (χ4n) is 3.05. The van der Waals surface area contributed by atoms with Crippen molar-refractivity contribution in [2.24, 2.45) is 16.6 Å². The Kier molecular flexibility index (Phi) is 3.60. The molecule has 0 spiro atoms. The molecular formula is C14H28N2. The highest BCUT2D eigenvalue weighted by atomic mass is 15.1. The molecule has 1 saturated carbocycles. The molecule has 0 atom stereocenters. The third kappa shape index (κ3) is 2.78. The molecule has 16 heavy (non-hydrogen) atoms. The summed E-state index contributed by atoms with van der Waals surface area (Å²) in [5.74, 6) is 0. The average molecular weight is 224 g/mol. The van der Waals surface area contributed by atoms with E-state index in [1.165, 1.54) is 58.2 Å². The molecular weight excluding hydrogens is 196 g/mol. The molecule has 2 fully saturated rings. The Labute approximate surface area is 101 Å². The molecule has 0 radical (unpaired) electrons. The summed E-state index contributed by atoms with van der Waals surface area (Å²) < 4.78 is 0. The van der Waals surface area contributed by atoms with E-state index >= 15 is 0 Å². The monoisotopic (exact) mass is 224 g/mol. The molecule has 0 bridgehead atoms. The van der Waals surface area contributed by atoms with Crippen LogP contribution in [0.3, 0.4) is 0 Å². The zero-order valence-electron chi connectivity index (χ0n) is 11.1. The number of hydrogen-bond donors (Lipinski definition) is 1. The lowest BCUT2D eigenvalue weighted by molar-refractivity contribution is 0.0958. The molecule has 0 aromatic rings. The fraction of sp³-hybridized carbons (Fsp3) is 1.00. The molecule has 0 aromatic carbocycles. The SMILES string of the molecule is CCC1(C)CCN(CC2(CCN)CC2)CC1. The summed E-state index contributed by atoms with van der Waals surface area (Å²) in [6.07, 6.45) is 8.21. The van der Waals surface area contributed by atoms with Crippen molar-refractivity contribution in [3.8, 4) is 0 Å². The molecule has 2 N–H and O–H groups in total. The number of nitrogens with two attached hydrogens (primary N) is 1. The van der Waals surface area contributed by atoms with E-state index in [1.54, 1.807) is 0 Å². The highest BCUT2D eigenvalue weighted by molar-refractivity contribution is 4.96. The van der Waals surface area contributed by atoms with Gasteiger partial charge < -0.3 is 10.6 Å². The zero-order chi connectivity index (χ0) is 11.6. The molecule has 0 unspecified atom stereocenters. The lowest BCUT2D eigenvalue weighted by atomic mass is 9.78. The maximum Gasteiger partial charge on any atom is 0.00385 e. The van der Waals surface area contributed by atoms with Gasteiger partial charge in [0.15, 0.2) is 0 Å². The topological polar surface area (TPSA) is 29.3 Å². The Morgan fingerprint density at radius 1 is 1.12 bits per heavy atom. The van der Waals surface area contributed by atoms with Crippen molar-refractivity contribution in [2.75, 3.05) is 26.2 Å². The van der Waals surface area contributed by atoms with Crippen LogP contribution < -0.4 is 5.73 Å². The van der Waals surface area contributed by atoms with Crippen LogP contribution in [0.15, 0.2) is 0 Å². The first-order valence-electron chi connectivity index (χ1n) is 7.04. The van der Waals surface area contributed by atoms with E-state index in [9.17, 15) is 0 Å². The van der Waals surface area contributed by atoms with Crippen LogP contribution in [0.2, 0.25) is 0 Å². The van der Waals surface area contributed by atoms with Gasteiger partial charge in [-0.05, 0) is 62.6 Å². The van der Waals surface area contributed by atoms with Crippen molar-refractivity contribution in [1.82, 2.24) is 4.90 Å². The average Bonchev–Trinajstić information content (AvgIpc) is 3.03. The van der Waals surface area contributed by atoms with Gasteiger partial charge >= 0.3 is 0 Å². The third-order valence-corrected chi connectivity index (χ3v) is 5.11. The molecule has 2 nitrogen and oxygen atoms in total. The van der Waals surface area contributed by atoms with Crippen molar-refractivity contribution < 1.29 is 0 Å². The van der Waals surface area contributed by atoms with E-state index in [4.69, 9.17) is 5.73 Å². The minimum atomic E-state index is 0.626. The van der Waals surface area contributed by atoms with Crippen LogP contribution in [0.5, 0.6) is 0 Å². The largest absolute Gasteiger partial charge is 0.330 e. The fourth-order valence-corrected chi connectivity index (χ4v) is 3.05. The smallest absolute Gasteiger partial charge is 0.00385 e. The lowest BCUT2D eigenvalue weighted by Gasteiger charge is -2.40. The van der Waals surface area contributed by atoms with Crippen molar-refractivity contribution in [3.63, 3.8) is 0 Å². The molecule has 0 aromatic heterocycles. The molecule has 1 aliphatic heterocycles. The van der Waals surface area contributed by atoms with Crippen molar-refractivity contribution in [1.29, 1.82) is 0 Å². The van der Waals surface area contributed by atoms with E-state index in [2.05, 4.69) is 18.7 Å². The van der Waals surface area contributed by atoms with Gasteiger partial charge in [-0.15, -0.1) is 0 Å². The maximum atomic E-state index is 5.71. The second-order valence-corrected chi connectivity index (χ2v) is 6.48. The summed E-state index contributed by atoms with van der Waals surface area (Å²) >= 11 is 0. The predicted octanol–water partition coefficient (Wildman–Crippen LogP) is 2.63. The molecule has 94 valence electrons. The molecule has 1 heterocycles. The number of likely N-dealkylation sites (tertiary alicyclic amines) is 1. The quantitative estimate of drug-likeness (QED) is 0.778. The van der Waals surface area contributed by atoms with Crippen LogP contribution in [0, 0.1) is 10.8 Å². The molecule has 2 aliphatic rings. The van der Waals surface area contributed by atoms with Crippen LogP contribution in [0.25, 0.3) is 0 Å². The van der Waals surface area contributed by atoms with Crippen LogP contribution in [0.1, 0.15) is 52.4 Å². The van der Waals surface area contributed by atoms with Gasteiger partial charge in [-0.25, -0.2) is 0 Å². The van der Waals surface area contributed by atoms with E-state index in [0.29, 0.717) is 10.8 Å². The number of nitrogens with zero attached hydrogens (tertiary/aromatic N) is 1. The molecule has 1 saturated heterocycles. The molecule has 1 aliphatic carbocycles. The molecule has 2 heteroatoms. The maximum absolute atomic E-state index is 5.71. The summed E-state index contributed by atoms with van der Waals surface area (Å²) in [6.45, 7) is 9.63. The van der Waals surface area contributed by atoms with Crippen LogP contribution in [-0.2, 0) is 0 Å². The van der Waals surface area contributed by atoms with Gasteiger partial charge in [-0.1, -0.05) is 20.3 Å². The number of rotatable bonds is 5. The zero-order valence-corrected chi connectivity index (χ0v) is 11.1. The minimum Gasteiger partial charge on any atom is -0.330 e. The van der Waals surface area contributed by atoms with E-state index < -0.39 is 0 Å². The summed E-state index contributed by atoms with van der Waals surface area (Å²) in [5, 5.41) is 0. The standard InChI is InChI=1S/C14H28N2/c1-3-13(2)7-10-16(11-8-13)12-14(4-5-14)6-9-15/h3-12,15H2,1-2H3. The van der Waals surface area contributed by atoms with Gasteiger partial charge in [0, 0.05) is 6.54 Å². The minimum absolute atomic E-state index is 0.626. The van der Waals surface area contributed by atoms with E-state index in [-0.39, 0.29) is 0 Å². The Balaban J connectivity index is 1.77. The van der Waals surface area contributed by atoms with Gasteiger partial charge in [0.25, 0.3) is 0 Å². The van der Waals surface area contributed by atoms with Crippen molar-refractivity contribution >= 4 is 0 Å². The van der Waals surface area contributed by atoms with Crippen molar-refractivity contribution in [2.45, 2.75) is 52.4 Å². The summed E-state index contributed by atoms with van der Waals surface area (Å²) in [5.41, 5.74) is 6.97. The summed E-state index contributed by atoms with van der Waals surface area (Å²) in [4.78, 5) is 2.69. The highest BCUT2D eigenvalue weighted by Gasteiger charge is 2.43. The first kappa shape index (κ1) is 12.4. The second-order valence-electron chi connectivity index (χ2n) is 6.48. The Morgan fingerprint density at radius 3 is 2.19 bits per heavy atom. The van der Waals surface area contributed by atoms with E-state index in [1.807, 2.05) is 0 Å². The van der Waals surface area contributed by atoms with Crippen LogP contribution in [-0.4, -0.2) is 31.1 Å².